The lowest BCUT2D eigenvalue weighted by molar-refractivity contribution is 0.442. The molecule has 104 valence electrons. The van der Waals surface area contributed by atoms with Crippen LogP contribution in [0.4, 0.5) is 0 Å². The Kier molecular flexibility index (Phi) is 3.65. The summed E-state index contributed by atoms with van der Waals surface area (Å²) in [5, 5.41) is 3.37. The molecule has 0 aromatic carbocycles. The second kappa shape index (κ2) is 5.59. The smallest absolute Gasteiger partial charge is 0.251 e. The van der Waals surface area contributed by atoms with E-state index < -0.39 is 0 Å². The topological polar surface area (TPSA) is 46.9 Å². The molecule has 0 aliphatic carbocycles. The standard InChI is InChI=1S/C16H19N3O/c1-19-15(13-4-8-18-9-5-13)10-14(11-16(19)20)12-2-6-17-7-3-12/h2-3,6-7,10-11,13,18H,4-5,8-9H2,1H3. The highest BCUT2D eigenvalue weighted by Crippen LogP contribution is 2.27. The van der Waals surface area contributed by atoms with Gasteiger partial charge in [0.2, 0.25) is 0 Å². The zero-order valence-corrected chi connectivity index (χ0v) is 11.7. The van der Waals surface area contributed by atoms with Crippen molar-refractivity contribution in [2.24, 2.45) is 7.05 Å². The van der Waals surface area contributed by atoms with Crippen molar-refractivity contribution in [3.05, 3.63) is 52.7 Å². The summed E-state index contributed by atoms with van der Waals surface area (Å²) in [6.45, 7) is 2.05. The van der Waals surface area contributed by atoms with Gasteiger partial charge in [0.1, 0.15) is 0 Å². The molecular weight excluding hydrogens is 250 g/mol. The van der Waals surface area contributed by atoms with Crippen LogP contribution in [0.1, 0.15) is 24.5 Å². The van der Waals surface area contributed by atoms with Gasteiger partial charge in [-0.3, -0.25) is 9.78 Å². The molecule has 1 saturated heterocycles. The van der Waals surface area contributed by atoms with E-state index in [2.05, 4.69) is 16.4 Å². The van der Waals surface area contributed by atoms with Crippen LogP contribution in [-0.2, 0) is 7.05 Å². The molecule has 0 saturated carbocycles. The minimum absolute atomic E-state index is 0.0628. The highest BCUT2D eigenvalue weighted by molar-refractivity contribution is 5.62. The first-order chi connectivity index (χ1) is 9.75. The van der Waals surface area contributed by atoms with E-state index in [1.807, 2.05) is 19.2 Å². The molecule has 4 heteroatoms. The number of nitrogens with zero attached hydrogens (tertiary/aromatic N) is 2. The van der Waals surface area contributed by atoms with Crippen LogP contribution in [0.3, 0.4) is 0 Å². The molecule has 0 radical (unpaired) electrons. The molecular formula is C16H19N3O. The molecule has 0 spiro atoms. The summed E-state index contributed by atoms with van der Waals surface area (Å²) in [7, 11) is 1.87. The molecule has 1 N–H and O–H groups in total. The Bertz CT molecular complexity index is 643. The van der Waals surface area contributed by atoms with E-state index in [4.69, 9.17) is 0 Å². The van der Waals surface area contributed by atoms with Gasteiger partial charge in [-0.2, -0.15) is 0 Å². The van der Waals surface area contributed by atoms with E-state index in [1.54, 1.807) is 23.0 Å². The molecule has 3 rings (SSSR count). The second-order valence-electron chi connectivity index (χ2n) is 5.33. The predicted molar refractivity (Wildman–Crippen MR) is 79.8 cm³/mol. The first-order valence-electron chi connectivity index (χ1n) is 7.08. The first kappa shape index (κ1) is 13.1. The van der Waals surface area contributed by atoms with Crippen molar-refractivity contribution >= 4 is 0 Å². The molecule has 3 heterocycles. The molecule has 1 aliphatic rings. The third-order valence-electron chi connectivity index (χ3n) is 4.07. The van der Waals surface area contributed by atoms with Gasteiger partial charge in [-0.1, -0.05) is 0 Å². The van der Waals surface area contributed by atoms with E-state index in [9.17, 15) is 4.79 Å². The van der Waals surface area contributed by atoms with Crippen LogP contribution in [0.15, 0.2) is 41.5 Å². The zero-order valence-electron chi connectivity index (χ0n) is 11.7. The van der Waals surface area contributed by atoms with Crippen molar-refractivity contribution in [3.8, 4) is 11.1 Å². The molecule has 1 aliphatic heterocycles. The SMILES string of the molecule is Cn1c(C2CCNCC2)cc(-c2ccncc2)cc1=O. The van der Waals surface area contributed by atoms with Gasteiger partial charge in [-0.15, -0.1) is 0 Å². The molecule has 20 heavy (non-hydrogen) atoms. The molecule has 0 unspecified atom stereocenters. The number of aromatic nitrogens is 2. The monoisotopic (exact) mass is 269 g/mol. The highest BCUT2D eigenvalue weighted by atomic mass is 16.1. The number of pyridine rings is 2. The summed E-state index contributed by atoms with van der Waals surface area (Å²) >= 11 is 0. The minimum atomic E-state index is 0.0628. The van der Waals surface area contributed by atoms with E-state index in [1.165, 1.54) is 0 Å². The Morgan fingerprint density at radius 2 is 1.85 bits per heavy atom. The molecule has 1 fully saturated rings. The Hall–Kier alpha value is -1.94. The quantitative estimate of drug-likeness (QED) is 0.906. The molecule has 2 aromatic rings. The molecule has 0 atom stereocenters. The van der Waals surface area contributed by atoms with E-state index in [0.29, 0.717) is 5.92 Å². The lowest BCUT2D eigenvalue weighted by Crippen LogP contribution is -2.30. The predicted octanol–water partition coefficient (Wildman–Crippen LogP) is 1.91. The highest BCUT2D eigenvalue weighted by Gasteiger charge is 2.18. The normalized spacial score (nSPS) is 16.2. The third kappa shape index (κ3) is 2.51. The van der Waals surface area contributed by atoms with Crippen molar-refractivity contribution in [2.75, 3.05) is 13.1 Å². The van der Waals surface area contributed by atoms with Gasteiger partial charge in [0, 0.05) is 37.1 Å². The van der Waals surface area contributed by atoms with Crippen molar-refractivity contribution in [1.29, 1.82) is 0 Å². The summed E-state index contributed by atoms with van der Waals surface area (Å²) in [6, 6.07) is 7.76. The molecule has 0 bridgehead atoms. The Morgan fingerprint density at radius 3 is 2.55 bits per heavy atom. The van der Waals surface area contributed by atoms with Gasteiger partial charge in [0.15, 0.2) is 0 Å². The maximum absolute atomic E-state index is 12.2. The Balaban J connectivity index is 2.06. The van der Waals surface area contributed by atoms with Gasteiger partial charge in [0.25, 0.3) is 5.56 Å². The summed E-state index contributed by atoms with van der Waals surface area (Å²) in [5.74, 6) is 0.468. The molecule has 2 aromatic heterocycles. The average molecular weight is 269 g/mol. The lowest BCUT2D eigenvalue weighted by Gasteiger charge is -2.25. The second-order valence-corrected chi connectivity index (χ2v) is 5.33. The Morgan fingerprint density at radius 1 is 1.15 bits per heavy atom. The van der Waals surface area contributed by atoms with Crippen molar-refractivity contribution in [2.45, 2.75) is 18.8 Å². The maximum Gasteiger partial charge on any atom is 0.251 e. The fourth-order valence-electron chi connectivity index (χ4n) is 2.88. The largest absolute Gasteiger partial charge is 0.317 e. The van der Waals surface area contributed by atoms with Gasteiger partial charge >= 0.3 is 0 Å². The van der Waals surface area contributed by atoms with Crippen LogP contribution in [0.25, 0.3) is 11.1 Å². The number of hydrogen-bond donors (Lipinski definition) is 1. The molecule has 0 amide bonds. The van der Waals surface area contributed by atoms with Crippen molar-refractivity contribution in [1.82, 2.24) is 14.9 Å². The fourth-order valence-corrected chi connectivity index (χ4v) is 2.88. The number of rotatable bonds is 2. The summed E-state index contributed by atoms with van der Waals surface area (Å²) in [5.41, 5.74) is 3.25. The van der Waals surface area contributed by atoms with Gasteiger partial charge in [0.05, 0.1) is 0 Å². The van der Waals surface area contributed by atoms with E-state index in [0.717, 1.165) is 42.8 Å². The van der Waals surface area contributed by atoms with Crippen molar-refractivity contribution < 1.29 is 0 Å². The van der Waals surface area contributed by atoms with Gasteiger partial charge < -0.3 is 9.88 Å². The van der Waals surface area contributed by atoms with Crippen LogP contribution >= 0.6 is 0 Å². The van der Waals surface area contributed by atoms with E-state index in [-0.39, 0.29) is 5.56 Å². The number of nitrogens with one attached hydrogen (secondary N) is 1. The maximum atomic E-state index is 12.2. The van der Waals surface area contributed by atoms with Crippen LogP contribution in [-0.4, -0.2) is 22.6 Å². The number of piperidine rings is 1. The first-order valence-corrected chi connectivity index (χ1v) is 7.08. The summed E-state index contributed by atoms with van der Waals surface area (Å²) in [4.78, 5) is 16.2. The Labute approximate surface area is 118 Å². The third-order valence-corrected chi connectivity index (χ3v) is 4.07. The fraction of sp³-hybridized carbons (Fsp3) is 0.375. The molecule has 4 nitrogen and oxygen atoms in total. The van der Waals surface area contributed by atoms with Crippen LogP contribution in [0, 0.1) is 0 Å². The summed E-state index contributed by atoms with van der Waals surface area (Å²) < 4.78 is 1.79. The van der Waals surface area contributed by atoms with Crippen LogP contribution in [0.2, 0.25) is 0 Å². The van der Waals surface area contributed by atoms with Gasteiger partial charge in [-0.25, -0.2) is 0 Å². The van der Waals surface area contributed by atoms with Crippen molar-refractivity contribution in [3.63, 3.8) is 0 Å². The van der Waals surface area contributed by atoms with Gasteiger partial charge in [-0.05, 0) is 55.3 Å². The average Bonchev–Trinajstić information content (AvgIpc) is 2.51. The summed E-state index contributed by atoms with van der Waals surface area (Å²) in [6.07, 6.45) is 5.70. The lowest BCUT2D eigenvalue weighted by atomic mass is 9.92. The van der Waals surface area contributed by atoms with Crippen LogP contribution < -0.4 is 10.9 Å². The minimum Gasteiger partial charge on any atom is -0.317 e. The van der Waals surface area contributed by atoms with Crippen LogP contribution in [0.5, 0.6) is 0 Å². The zero-order chi connectivity index (χ0) is 13.9. The van der Waals surface area contributed by atoms with E-state index >= 15 is 0 Å². The number of hydrogen-bond acceptors (Lipinski definition) is 3.